The number of Topliss-reactive ketones (excluding diaryl/α,β-unsaturated/α-hetero) is 1. The zero-order valence-corrected chi connectivity index (χ0v) is 16.3. The summed E-state index contributed by atoms with van der Waals surface area (Å²) in [6.07, 6.45) is 3.10. The molecule has 1 saturated heterocycles. The average Bonchev–Trinajstić information content (AvgIpc) is 3.49. The second-order valence-electron chi connectivity index (χ2n) is 7.35. The van der Waals surface area contributed by atoms with Gasteiger partial charge in [-0.25, -0.2) is 0 Å². The highest BCUT2D eigenvalue weighted by atomic mass is 16.3. The van der Waals surface area contributed by atoms with Gasteiger partial charge >= 0.3 is 0 Å². The lowest BCUT2D eigenvalue weighted by atomic mass is 9.95. The zero-order valence-electron chi connectivity index (χ0n) is 16.3. The van der Waals surface area contributed by atoms with Gasteiger partial charge in [-0.15, -0.1) is 0 Å². The monoisotopic (exact) mass is 414 g/mol. The number of para-hydroxylation sites is 1. The highest BCUT2D eigenvalue weighted by Gasteiger charge is 2.46. The van der Waals surface area contributed by atoms with E-state index >= 15 is 0 Å². The molecule has 1 atom stereocenters. The number of H-pyrrole nitrogens is 1. The molecule has 4 aromatic rings. The summed E-state index contributed by atoms with van der Waals surface area (Å²) < 4.78 is 5.37. The maximum absolute atomic E-state index is 13.1. The molecule has 154 valence electrons. The van der Waals surface area contributed by atoms with E-state index in [1.54, 1.807) is 30.5 Å². The molecule has 3 heterocycles. The number of nitrogens with one attached hydrogen (secondary N) is 1. The molecule has 3 N–H and O–H groups in total. The third-order valence-electron chi connectivity index (χ3n) is 5.48. The standard InChI is InChI=1S/C24H18N2O5/c27-15-6-3-5-14(11-15)21-20(22(28)18-12-25-19-9-2-1-8-17(18)19)23(29)24(30)26(21)13-16-7-4-10-31-16/h1-12,21,25,27-28H,13H2/b22-20-. The Bertz CT molecular complexity index is 1330. The first-order chi connectivity index (χ1) is 15.0. The van der Waals surface area contributed by atoms with Gasteiger partial charge in [0.05, 0.1) is 24.4 Å². The molecule has 31 heavy (non-hydrogen) atoms. The molecule has 1 unspecified atom stereocenters. The molecule has 2 aromatic carbocycles. The summed E-state index contributed by atoms with van der Waals surface area (Å²) in [5.74, 6) is -1.31. The van der Waals surface area contributed by atoms with Crippen LogP contribution in [0.3, 0.4) is 0 Å². The quantitative estimate of drug-likeness (QED) is 0.265. The second-order valence-corrected chi connectivity index (χ2v) is 7.35. The van der Waals surface area contributed by atoms with Crippen molar-refractivity contribution in [2.45, 2.75) is 12.6 Å². The van der Waals surface area contributed by atoms with Crippen molar-refractivity contribution in [2.75, 3.05) is 0 Å². The van der Waals surface area contributed by atoms with E-state index in [4.69, 9.17) is 4.42 Å². The Morgan fingerprint density at radius 3 is 2.68 bits per heavy atom. The maximum Gasteiger partial charge on any atom is 0.296 e. The highest BCUT2D eigenvalue weighted by Crippen LogP contribution is 2.41. The number of aliphatic hydroxyl groups is 1. The van der Waals surface area contributed by atoms with Crippen LogP contribution >= 0.6 is 0 Å². The predicted octanol–water partition coefficient (Wildman–Crippen LogP) is 4.09. The zero-order chi connectivity index (χ0) is 21.5. The van der Waals surface area contributed by atoms with Gasteiger partial charge in [-0.1, -0.05) is 30.3 Å². The lowest BCUT2D eigenvalue weighted by molar-refractivity contribution is -0.140. The molecule has 0 saturated carbocycles. The molecule has 0 spiro atoms. The van der Waals surface area contributed by atoms with Gasteiger partial charge in [0.15, 0.2) is 0 Å². The van der Waals surface area contributed by atoms with Crippen LogP contribution in [0.2, 0.25) is 0 Å². The topological polar surface area (TPSA) is 107 Å². The summed E-state index contributed by atoms with van der Waals surface area (Å²) in [5, 5.41) is 22.0. The molecule has 5 rings (SSSR count). The Morgan fingerprint density at radius 2 is 1.90 bits per heavy atom. The van der Waals surface area contributed by atoms with Crippen molar-refractivity contribution in [1.82, 2.24) is 9.88 Å². The lowest BCUT2D eigenvalue weighted by Gasteiger charge is -2.24. The molecule has 2 aromatic heterocycles. The van der Waals surface area contributed by atoms with E-state index in [-0.39, 0.29) is 23.6 Å². The van der Waals surface area contributed by atoms with Crippen LogP contribution in [0, 0.1) is 0 Å². The molecule has 0 aliphatic carbocycles. The highest BCUT2D eigenvalue weighted by molar-refractivity contribution is 6.46. The van der Waals surface area contributed by atoms with Crippen molar-refractivity contribution >= 4 is 28.4 Å². The van der Waals surface area contributed by atoms with Crippen LogP contribution in [0.15, 0.2) is 83.1 Å². The number of amides is 1. The Morgan fingerprint density at radius 1 is 1.06 bits per heavy atom. The fraction of sp³-hybridized carbons (Fsp3) is 0.0833. The number of aromatic nitrogens is 1. The van der Waals surface area contributed by atoms with Gasteiger partial charge in [-0.3, -0.25) is 9.59 Å². The number of fused-ring (bicyclic) bond motifs is 1. The number of carbonyl (C=O) groups is 2. The van der Waals surface area contributed by atoms with Gasteiger partial charge in [0.1, 0.15) is 17.3 Å². The summed E-state index contributed by atoms with van der Waals surface area (Å²) in [6, 6.07) is 16.2. The molecular formula is C24H18N2O5. The smallest absolute Gasteiger partial charge is 0.296 e. The minimum Gasteiger partial charge on any atom is -0.508 e. The second kappa shape index (κ2) is 7.21. The summed E-state index contributed by atoms with van der Waals surface area (Å²) in [4.78, 5) is 30.5. The summed E-state index contributed by atoms with van der Waals surface area (Å²) in [7, 11) is 0. The van der Waals surface area contributed by atoms with Gasteiger partial charge in [0.25, 0.3) is 11.7 Å². The minimum absolute atomic E-state index is 0.00631. The molecule has 7 heteroatoms. The number of benzene rings is 2. The SMILES string of the molecule is O=C1C(=O)N(Cc2ccco2)C(c2cccc(O)c2)/C1=C(/O)c1c[nH]c2ccccc12. The molecule has 0 bridgehead atoms. The number of ketones is 1. The number of phenols is 1. The molecule has 0 radical (unpaired) electrons. The Kier molecular flexibility index (Phi) is 4.36. The minimum atomic E-state index is -0.883. The largest absolute Gasteiger partial charge is 0.508 e. The van der Waals surface area contributed by atoms with E-state index in [1.165, 1.54) is 23.3 Å². The van der Waals surface area contributed by atoms with Crippen LogP contribution < -0.4 is 0 Å². The molecule has 1 fully saturated rings. The normalized spacial score (nSPS) is 18.2. The Hall–Kier alpha value is -4.26. The van der Waals surface area contributed by atoms with Gasteiger partial charge in [0.2, 0.25) is 0 Å². The Balaban J connectivity index is 1.71. The van der Waals surface area contributed by atoms with Gasteiger partial charge in [-0.2, -0.15) is 0 Å². The molecule has 1 amide bonds. The van der Waals surface area contributed by atoms with Crippen molar-refractivity contribution in [2.24, 2.45) is 0 Å². The van der Waals surface area contributed by atoms with Crippen LogP contribution in [-0.2, 0) is 16.1 Å². The van der Waals surface area contributed by atoms with Gasteiger partial charge in [0, 0.05) is 22.7 Å². The van der Waals surface area contributed by atoms with E-state index in [0.717, 1.165) is 10.9 Å². The number of aromatic hydroxyl groups is 1. The van der Waals surface area contributed by atoms with Crippen molar-refractivity contribution < 1.29 is 24.2 Å². The third-order valence-corrected chi connectivity index (χ3v) is 5.48. The summed E-state index contributed by atoms with van der Waals surface area (Å²) >= 11 is 0. The number of carbonyl (C=O) groups excluding carboxylic acids is 2. The number of aromatic amines is 1. The van der Waals surface area contributed by atoms with Crippen LogP contribution in [0.5, 0.6) is 5.75 Å². The van der Waals surface area contributed by atoms with Crippen molar-refractivity contribution in [3.63, 3.8) is 0 Å². The van der Waals surface area contributed by atoms with Gasteiger partial charge in [-0.05, 0) is 35.9 Å². The summed E-state index contributed by atoms with van der Waals surface area (Å²) in [6.45, 7) is 0.0442. The Labute approximate surface area is 176 Å². The lowest BCUT2D eigenvalue weighted by Crippen LogP contribution is -2.29. The van der Waals surface area contributed by atoms with Gasteiger partial charge < -0.3 is 24.5 Å². The molecule has 1 aliphatic rings. The number of hydrogen-bond acceptors (Lipinski definition) is 5. The first-order valence-electron chi connectivity index (χ1n) is 9.71. The number of hydrogen-bond donors (Lipinski definition) is 3. The fourth-order valence-electron chi connectivity index (χ4n) is 4.07. The van der Waals surface area contributed by atoms with E-state index < -0.39 is 17.7 Å². The average molecular weight is 414 g/mol. The summed E-state index contributed by atoms with van der Waals surface area (Å²) in [5.41, 5.74) is 1.69. The van der Waals surface area contributed by atoms with Crippen molar-refractivity contribution in [3.05, 3.63) is 95.6 Å². The fourth-order valence-corrected chi connectivity index (χ4v) is 4.07. The van der Waals surface area contributed by atoms with E-state index in [9.17, 15) is 19.8 Å². The van der Waals surface area contributed by atoms with Crippen molar-refractivity contribution in [3.8, 4) is 5.75 Å². The number of aliphatic hydroxyl groups excluding tert-OH is 1. The third kappa shape index (κ3) is 3.07. The predicted molar refractivity (Wildman–Crippen MR) is 113 cm³/mol. The number of likely N-dealkylation sites (tertiary alicyclic amines) is 1. The number of nitrogens with zero attached hydrogens (tertiary/aromatic N) is 1. The van der Waals surface area contributed by atoms with Crippen molar-refractivity contribution in [1.29, 1.82) is 0 Å². The number of furan rings is 1. The molecule has 1 aliphatic heterocycles. The number of rotatable bonds is 4. The van der Waals surface area contributed by atoms with E-state index in [2.05, 4.69) is 4.98 Å². The van der Waals surface area contributed by atoms with Crippen LogP contribution in [0.4, 0.5) is 0 Å². The van der Waals surface area contributed by atoms with E-state index in [0.29, 0.717) is 16.9 Å². The molecular weight excluding hydrogens is 396 g/mol. The number of phenolic OH excluding ortho intramolecular Hbond substituents is 1. The first-order valence-corrected chi connectivity index (χ1v) is 9.71. The van der Waals surface area contributed by atoms with Crippen LogP contribution in [0.1, 0.15) is 22.9 Å². The first kappa shape index (κ1) is 18.7. The molecule has 7 nitrogen and oxygen atoms in total. The maximum atomic E-state index is 13.1. The van der Waals surface area contributed by atoms with Crippen LogP contribution in [-0.4, -0.2) is 31.8 Å². The van der Waals surface area contributed by atoms with E-state index in [1.807, 2.05) is 24.3 Å². The van der Waals surface area contributed by atoms with Crippen LogP contribution in [0.25, 0.3) is 16.7 Å².